The van der Waals surface area contributed by atoms with Crippen molar-refractivity contribution in [1.29, 1.82) is 0 Å². The van der Waals surface area contributed by atoms with Gasteiger partial charge in [-0.05, 0) is 62.4 Å². The average molecular weight is 511 g/mol. The van der Waals surface area contributed by atoms with E-state index >= 15 is 0 Å². The minimum Gasteiger partial charge on any atom is -0.465 e. The highest BCUT2D eigenvalue weighted by atomic mass is 32.2. The van der Waals surface area contributed by atoms with Crippen LogP contribution in [-0.2, 0) is 30.9 Å². The van der Waals surface area contributed by atoms with Gasteiger partial charge in [-0.3, -0.25) is 4.79 Å². The third-order valence-corrected chi connectivity index (χ3v) is 7.02. The highest BCUT2D eigenvalue weighted by molar-refractivity contribution is 7.89. The number of halogens is 1. The summed E-state index contributed by atoms with van der Waals surface area (Å²) in [6.45, 7) is 3.33. The summed E-state index contributed by atoms with van der Waals surface area (Å²) in [5, 5.41) is 0. The van der Waals surface area contributed by atoms with Crippen molar-refractivity contribution in [2.45, 2.75) is 25.3 Å². The van der Waals surface area contributed by atoms with Crippen molar-refractivity contribution in [2.75, 3.05) is 12.0 Å². The maximum Gasteiger partial charge on any atom is 0.343 e. The molecule has 0 aliphatic carbocycles. The molecule has 3 aromatic rings. The van der Waals surface area contributed by atoms with Crippen LogP contribution in [0.5, 0.6) is 0 Å². The zero-order valence-electron chi connectivity index (χ0n) is 19.7. The van der Waals surface area contributed by atoms with Gasteiger partial charge in [-0.15, -0.1) is 0 Å². The molecule has 186 valence electrons. The van der Waals surface area contributed by atoms with Gasteiger partial charge in [-0.2, -0.15) is 0 Å². The predicted molar refractivity (Wildman–Crippen MR) is 130 cm³/mol. The van der Waals surface area contributed by atoms with Gasteiger partial charge in [0.1, 0.15) is 22.9 Å². The zero-order valence-corrected chi connectivity index (χ0v) is 20.6. The summed E-state index contributed by atoms with van der Waals surface area (Å²) in [6.07, 6.45) is 1.43. The number of sulfonamides is 1. The molecule has 0 unspecified atom stereocenters. The lowest BCUT2D eigenvalue weighted by Gasteiger charge is -2.21. The summed E-state index contributed by atoms with van der Waals surface area (Å²) >= 11 is 0. The minimum absolute atomic E-state index is 0.0978. The molecule has 36 heavy (non-hydrogen) atoms. The number of aryl methyl sites for hydroxylation is 1. The molecule has 1 aromatic heterocycles. The molecule has 0 saturated carbocycles. The van der Waals surface area contributed by atoms with Gasteiger partial charge >= 0.3 is 5.97 Å². The first kappa shape index (κ1) is 25.1. The largest absolute Gasteiger partial charge is 0.465 e. The van der Waals surface area contributed by atoms with E-state index in [1.807, 2.05) is 6.92 Å². The number of carbonyl (C=O) groups excluding carboxylic acids is 2. The summed E-state index contributed by atoms with van der Waals surface area (Å²) in [4.78, 5) is 27.1. The van der Waals surface area contributed by atoms with Crippen LogP contribution in [0.2, 0.25) is 0 Å². The fraction of sp³-hybridized carbons (Fsp3) is 0.154. The Hall–Kier alpha value is -4.02. The summed E-state index contributed by atoms with van der Waals surface area (Å²) in [6, 6.07) is 15.0. The lowest BCUT2D eigenvalue weighted by molar-refractivity contribution is -0.137. The van der Waals surface area contributed by atoms with Gasteiger partial charge in [0.05, 0.1) is 24.2 Å². The van der Waals surface area contributed by atoms with E-state index in [4.69, 9.17) is 9.15 Å². The number of methoxy groups -OCH3 is 1. The van der Waals surface area contributed by atoms with Gasteiger partial charge in [-0.25, -0.2) is 22.3 Å². The molecule has 2 heterocycles. The Bertz CT molecular complexity index is 1490. The van der Waals surface area contributed by atoms with Crippen molar-refractivity contribution >= 4 is 33.5 Å². The van der Waals surface area contributed by atoms with Crippen molar-refractivity contribution < 1.29 is 31.6 Å². The topological polar surface area (TPSA) is 106 Å². The van der Waals surface area contributed by atoms with Gasteiger partial charge in [0.15, 0.2) is 0 Å². The Kier molecular flexibility index (Phi) is 6.91. The van der Waals surface area contributed by atoms with Crippen molar-refractivity contribution in [3.05, 3.63) is 101 Å². The second-order valence-corrected chi connectivity index (χ2v) is 9.83. The molecule has 10 heteroatoms. The number of carbonyl (C=O) groups is 2. The zero-order chi connectivity index (χ0) is 26.0. The maximum atomic E-state index is 13.5. The Morgan fingerprint density at radius 3 is 2.36 bits per heavy atom. The SMILES string of the molecule is COC(=O)C1=C(C)N(c2ccc(F)cc2)/C(=C/c2ccc(CNS(=O)(=O)c3ccc(C)cc3)o2)C1=O. The normalized spacial score (nSPS) is 15.2. The molecule has 1 aliphatic rings. The fourth-order valence-corrected chi connectivity index (χ4v) is 4.74. The number of allylic oxidation sites excluding steroid dienone is 2. The molecule has 0 bridgehead atoms. The van der Waals surface area contributed by atoms with E-state index in [1.165, 1.54) is 54.5 Å². The Morgan fingerprint density at radius 2 is 1.72 bits per heavy atom. The molecule has 0 saturated heterocycles. The van der Waals surface area contributed by atoms with E-state index < -0.39 is 27.6 Å². The van der Waals surface area contributed by atoms with Crippen LogP contribution >= 0.6 is 0 Å². The van der Waals surface area contributed by atoms with E-state index in [1.54, 1.807) is 31.2 Å². The van der Waals surface area contributed by atoms with E-state index in [0.29, 0.717) is 17.1 Å². The predicted octanol–water partition coefficient (Wildman–Crippen LogP) is 4.08. The molecule has 0 radical (unpaired) electrons. The number of rotatable bonds is 7. The molecule has 0 spiro atoms. The third-order valence-electron chi connectivity index (χ3n) is 5.60. The van der Waals surface area contributed by atoms with Crippen LogP contribution in [0, 0.1) is 12.7 Å². The molecular formula is C26H23FN2O6S. The standard InChI is InChI=1S/C26H23FN2O6S/c1-16-4-12-22(13-5-16)36(32,33)28-15-21-11-10-20(35-21)14-23-25(30)24(26(31)34-3)17(2)29(23)19-8-6-18(27)7-9-19/h4-14,28H,15H2,1-3H3/b23-14+. The number of esters is 1. The van der Waals surface area contributed by atoms with Crippen LogP contribution in [0.25, 0.3) is 6.08 Å². The van der Waals surface area contributed by atoms with E-state index in [9.17, 15) is 22.4 Å². The number of anilines is 1. The highest BCUT2D eigenvalue weighted by Crippen LogP contribution is 2.35. The van der Waals surface area contributed by atoms with Gasteiger partial charge in [0.2, 0.25) is 15.8 Å². The van der Waals surface area contributed by atoms with Crippen LogP contribution in [0.1, 0.15) is 24.0 Å². The summed E-state index contributed by atoms with van der Waals surface area (Å²) < 4.78 is 51.5. The van der Waals surface area contributed by atoms with Crippen LogP contribution in [0.4, 0.5) is 10.1 Å². The Morgan fingerprint density at radius 1 is 1.06 bits per heavy atom. The second kappa shape index (κ2) is 9.92. The fourth-order valence-electron chi connectivity index (χ4n) is 3.75. The molecule has 4 rings (SSSR count). The molecule has 1 aliphatic heterocycles. The highest BCUT2D eigenvalue weighted by Gasteiger charge is 2.38. The average Bonchev–Trinajstić information content (AvgIpc) is 3.40. The lowest BCUT2D eigenvalue weighted by atomic mass is 10.1. The first-order valence-electron chi connectivity index (χ1n) is 10.9. The molecule has 1 N–H and O–H groups in total. The summed E-state index contributed by atoms with van der Waals surface area (Å²) in [7, 11) is -2.57. The van der Waals surface area contributed by atoms with E-state index in [2.05, 4.69) is 4.72 Å². The number of hydrogen-bond acceptors (Lipinski definition) is 7. The minimum atomic E-state index is -3.75. The first-order chi connectivity index (χ1) is 17.1. The number of nitrogens with zero attached hydrogens (tertiary/aromatic N) is 1. The van der Waals surface area contributed by atoms with Gasteiger partial charge in [-0.1, -0.05) is 17.7 Å². The van der Waals surface area contributed by atoms with Crippen LogP contribution in [0.15, 0.2) is 86.9 Å². The third kappa shape index (κ3) is 5.00. The molecular weight excluding hydrogens is 487 g/mol. The number of benzene rings is 2. The number of Topliss-reactive ketones (excluding diaryl/α,β-unsaturated/α-hetero) is 1. The first-order valence-corrected chi connectivity index (χ1v) is 12.4. The smallest absolute Gasteiger partial charge is 0.343 e. The molecule has 0 fully saturated rings. The number of ketones is 1. The van der Waals surface area contributed by atoms with Gasteiger partial charge in [0, 0.05) is 17.5 Å². The quantitative estimate of drug-likeness (QED) is 0.290. The van der Waals surface area contributed by atoms with Gasteiger partial charge < -0.3 is 14.1 Å². The molecule has 8 nitrogen and oxygen atoms in total. The Labute approximate surface area is 207 Å². The second-order valence-electron chi connectivity index (χ2n) is 8.06. The van der Waals surface area contributed by atoms with E-state index in [0.717, 1.165) is 5.56 Å². The van der Waals surface area contributed by atoms with Crippen LogP contribution in [0.3, 0.4) is 0 Å². The van der Waals surface area contributed by atoms with Crippen molar-refractivity contribution in [2.24, 2.45) is 0 Å². The number of ether oxygens (including phenoxy) is 1. The van der Waals surface area contributed by atoms with Crippen LogP contribution in [-0.4, -0.2) is 27.3 Å². The van der Waals surface area contributed by atoms with E-state index in [-0.39, 0.29) is 28.5 Å². The Balaban J connectivity index is 1.61. The number of furan rings is 1. The van der Waals surface area contributed by atoms with Crippen molar-refractivity contribution in [3.8, 4) is 0 Å². The molecule has 0 amide bonds. The van der Waals surface area contributed by atoms with Crippen LogP contribution < -0.4 is 9.62 Å². The summed E-state index contributed by atoms with van der Waals surface area (Å²) in [5.41, 5.74) is 1.67. The van der Waals surface area contributed by atoms with Crippen molar-refractivity contribution in [1.82, 2.24) is 4.72 Å². The van der Waals surface area contributed by atoms with Gasteiger partial charge in [0.25, 0.3) is 0 Å². The molecule has 0 atom stereocenters. The molecule has 2 aromatic carbocycles. The summed E-state index contributed by atoms with van der Waals surface area (Å²) in [5.74, 6) is -1.25. The number of nitrogens with one attached hydrogen (secondary N) is 1. The number of hydrogen-bond donors (Lipinski definition) is 1. The van der Waals surface area contributed by atoms with Crippen molar-refractivity contribution in [3.63, 3.8) is 0 Å². The maximum absolute atomic E-state index is 13.5. The monoisotopic (exact) mass is 510 g/mol. The lowest BCUT2D eigenvalue weighted by Crippen LogP contribution is -2.22.